The van der Waals surface area contributed by atoms with Gasteiger partial charge in [-0.15, -0.1) is 0 Å². The zero-order valence-electron chi connectivity index (χ0n) is 13.4. The molecule has 1 atom stereocenters. The number of hydrogen-bond donors (Lipinski definition) is 2. The molecule has 0 aliphatic carbocycles. The average molecular weight is 365 g/mol. The molecule has 0 aromatic heterocycles. The number of halogens is 1. The molecule has 0 saturated heterocycles. The Kier molecular flexibility index (Phi) is 6.32. The first-order valence-electron chi connectivity index (χ1n) is 7.52. The number of aliphatic hydroxyl groups is 1. The van der Waals surface area contributed by atoms with E-state index in [1.807, 2.05) is 0 Å². The summed E-state index contributed by atoms with van der Waals surface area (Å²) in [4.78, 5) is 22.9. The normalized spacial score (nSPS) is 11.6. The highest BCUT2D eigenvalue weighted by Crippen LogP contribution is 2.28. The van der Waals surface area contributed by atoms with Crippen molar-refractivity contribution in [2.45, 2.75) is 13.0 Å². The monoisotopic (exact) mass is 364 g/mol. The molecular formula is C17H17ClN2O5. The smallest absolute Gasteiger partial charge is 0.341 e. The molecule has 7 nitrogen and oxygen atoms in total. The van der Waals surface area contributed by atoms with Crippen LogP contribution < -0.4 is 5.32 Å². The second kappa shape index (κ2) is 8.46. The maximum absolute atomic E-state index is 12.5. The zero-order chi connectivity index (χ0) is 18.4. The fraction of sp³-hybridized carbons (Fsp3) is 0.235. The van der Waals surface area contributed by atoms with E-state index >= 15 is 0 Å². The van der Waals surface area contributed by atoms with E-state index in [1.54, 1.807) is 31.2 Å². The summed E-state index contributed by atoms with van der Waals surface area (Å²) in [6.07, 6.45) is -0.633. The van der Waals surface area contributed by atoms with Gasteiger partial charge in [0.25, 0.3) is 5.69 Å². The first-order chi connectivity index (χ1) is 11.9. The third kappa shape index (κ3) is 4.68. The second-order valence-electron chi connectivity index (χ2n) is 5.21. The number of nitro benzene ring substituents is 1. The van der Waals surface area contributed by atoms with E-state index < -0.39 is 17.0 Å². The summed E-state index contributed by atoms with van der Waals surface area (Å²) in [6.45, 7) is 1.71. The number of aliphatic hydroxyl groups excluding tert-OH is 1. The first-order valence-corrected chi connectivity index (χ1v) is 7.90. The van der Waals surface area contributed by atoms with Gasteiger partial charge in [0, 0.05) is 35.0 Å². The van der Waals surface area contributed by atoms with Crippen LogP contribution in [0.5, 0.6) is 0 Å². The molecule has 0 radical (unpaired) electrons. The molecule has 2 N–H and O–H groups in total. The molecular weight excluding hydrogens is 348 g/mol. The number of rotatable bonds is 7. The summed E-state index contributed by atoms with van der Waals surface area (Å²) < 4.78 is 5.41. The van der Waals surface area contributed by atoms with Gasteiger partial charge in [-0.1, -0.05) is 29.8 Å². The maximum Gasteiger partial charge on any atom is 0.341 e. The van der Waals surface area contributed by atoms with Gasteiger partial charge in [0.2, 0.25) is 0 Å². The molecule has 0 aliphatic rings. The summed E-state index contributed by atoms with van der Waals surface area (Å²) in [6, 6.07) is 10.8. The van der Waals surface area contributed by atoms with Crippen LogP contribution in [0.15, 0.2) is 42.5 Å². The Morgan fingerprint density at radius 1 is 1.36 bits per heavy atom. The third-order valence-corrected chi connectivity index (χ3v) is 3.83. The maximum atomic E-state index is 12.5. The summed E-state index contributed by atoms with van der Waals surface area (Å²) in [5.41, 5.74) is 0.761. The predicted octanol–water partition coefficient (Wildman–Crippen LogP) is 3.57. The number of nitrogens with zero attached hydrogens (tertiary/aromatic N) is 1. The van der Waals surface area contributed by atoms with Crippen molar-refractivity contribution in [3.8, 4) is 0 Å². The van der Waals surface area contributed by atoms with Crippen LogP contribution in [0.4, 0.5) is 11.4 Å². The lowest BCUT2D eigenvalue weighted by Crippen LogP contribution is -2.14. The molecule has 8 heteroatoms. The predicted molar refractivity (Wildman–Crippen MR) is 94.0 cm³/mol. The van der Waals surface area contributed by atoms with Crippen LogP contribution in [0.3, 0.4) is 0 Å². The van der Waals surface area contributed by atoms with Gasteiger partial charge >= 0.3 is 5.97 Å². The number of esters is 1. The Morgan fingerprint density at radius 2 is 2.08 bits per heavy atom. The highest BCUT2D eigenvalue weighted by Gasteiger charge is 2.21. The molecule has 0 saturated carbocycles. The van der Waals surface area contributed by atoms with E-state index in [0.717, 1.165) is 6.07 Å². The largest absolute Gasteiger partial charge is 0.454 e. The van der Waals surface area contributed by atoms with Crippen LogP contribution in [-0.4, -0.2) is 29.2 Å². The zero-order valence-corrected chi connectivity index (χ0v) is 14.2. The highest BCUT2D eigenvalue weighted by atomic mass is 35.5. The first kappa shape index (κ1) is 18.7. The second-order valence-corrected chi connectivity index (χ2v) is 5.61. The Balaban J connectivity index is 2.28. The van der Waals surface area contributed by atoms with Crippen molar-refractivity contribution in [2.24, 2.45) is 0 Å². The van der Waals surface area contributed by atoms with Gasteiger partial charge < -0.3 is 15.2 Å². The topological polar surface area (TPSA) is 102 Å². The third-order valence-electron chi connectivity index (χ3n) is 3.49. The number of anilines is 1. The molecule has 2 aromatic rings. The van der Waals surface area contributed by atoms with Gasteiger partial charge in [-0.2, -0.15) is 0 Å². The SMILES string of the molecule is C[C@@H](OC(=O)c1cc([N+](=O)[O-])ccc1NCCO)c1ccccc1Cl. The van der Waals surface area contributed by atoms with Crippen molar-refractivity contribution < 1.29 is 19.6 Å². The van der Waals surface area contributed by atoms with Gasteiger partial charge in [0.15, 0.2) is 0 Å². The molecule has 0 fully saturated rings. The van der Waals surface area contributed by atoms with Crippen LogP contribution >= 0.6 is 11.6 Å². The number of carbonyl (C=O) groups excluding carboxylic acids is 1. The van der Waals surface area contributed by atoms with Crippen LogP contribution in [0.25, 0.3) is 0 Å². The quantitative estimate of drug-likeness (QED) is 0.442. The highest BCUT2D eigenvalue weighted by molar-refractivity contribution is 6.31. The van der Waals surface area contributed by atoms with Gasteiger partial charge in [-0.05, 0) is 19.1 Å². The molecule has 2 rings (SSSR count). The van der Waals surface area contributed by atoms with Crippen LogP contribution in [0.2, 0.25) is 5.02 Å². The van der Waals surface area contributed by atoms with Crippen LogP contribution in [0, 0.1) is 10.1 Å². The lowest BCUT2D eigenvalue weighted by molar-refractivity contribution is -0.384. The van der Waals surface area contributed by atoms with E-state index in [2.05, 4.69) is 5.32 Å². The summed E-state index contributed by atoms with van der Waals surface area (Å²) in [5.74, 6) is -0.725. The fourth-order valence-electron chi connectivity index (χ4n) is 2.25. The number of non-ortho nitro benzene ring substituents is 1. The molecule has 0 aliphatic heterocycles. The van der Waals surface area contributed by atoms with Gasteiger partial charge in [0.05, 0.1) is 17.1 Å². The van der Waals surface area contributed by atoms with Crippen LogP contribution in [0.1, 0.15) is 28.9 Å². The number of benzene rings is 2. The van der Waals surface area contributed by atoms with E-state index in [4.69, 9.17) is 21.4 Å². The minimum atomic E-state index is -0.725. The standard InChI is InChI=1S/C17H17ClN2O5/c1-11(13-4-2-3-5-15(13)18)25-17(22)14-10-12(20(23)24)6-7-16(14)19-8-9-21/h2-7,10-11,19,21H,8-9H2,1H3/t11-/m1/s1. The van der Waals surface area contributed by atoms with E-state index in [-0.39, 0.29) is 24.4 Å². The molecule has 0 bridgehead atoms. The lowest BCUT2D eigenvalue weighted by atomic mass is 10.1. The summed E-state index contributed by atoms with van der Waals surface area (Å²) in [7, 11) is 0. The lowest BCUT2D eigenvalue weighted by Gasteiger charge is -2.16. The Hall–Kier alpha value is -2.64. The minimum absolute atomic E-state index is 0.0153. The molecule has 0 amide bonds. The molecule has 0 unspecified atom stereocenters. The van der Waals surface area contributed by atoms with Crippen molar-refractivity contribution in [3.63, 3.8) is 0 Å². The van der Waals surface area contributed by atoms with Crippen molar-refractivity contribution in [1.29, 1.82) is 0 Å². The van der Waals surface area contributed by atoms with Crippen LogP contribution in [-0.2, 0) is 4.74 Å². The van der Waals surface area contributed by atoms with Gasteiger partial charge in [-0.25, -0.2) is 4.79 Å². The van der Waals surface area contributed by atoms with E-state index in [0.29, 0.717) is 16.3 Å². The number of nitro groups is 1. The molecule has 0 spiro atoms. The number of nitrogens with one attached hydrogen (secondary N) is 1. The average Bonchev–Trinajstić information content (AvgIpc) is 2.59. The molecule has 2 aromatic carbocycles. The fourth-order valence-corrected chi connectivity index (χ4v) is 2.54. The van der Waals surface area contributed by atoms with Crippen molar-refractivity contribution in [1.82, 2.24) is 0 Å². The Bertz CT molecular complexity index is 781. The number of hydrogen-bond acceptors (Lipinski definition) is 6. The molecule has 132 valence electrons. The summed E-state index contributed by atoms with van der Waals surface area (Å²) in [5, 5.41) is 23.2. The van der Waals surface area contributed by atoms with Gasteiger partial charge in [0.1, 0.15) is 6.10 Å². The number of carbonyl (C=O) groups is 1. The number of ether oxygens (including phenoxy) is 1. The van der Waals surface area contributed by atoms with E-state index in [1.165, 1.54) is 12.1 Å². The molecule has 0 heterocycles. The van der Waals surface area contributed by atoms with Crippen molar-refractivity contribution in [2.75, 3.05) is 18.5 Å². The van der Waals surface area contributed by atoms with Gasteiger partial charge in [-0.3, -0.25) is 10.1 Å². The van der Waals surface area contributed by atoms with Crippen molar-refractivity contribution in [3.05, 3.63) is 68.7 Å². The molecule has 25 heavy (non-hydrogen) atoms. The van der Waals surface area contributed by atoms with Crippen molar-refractivity contribution >= 4 is 28.9 Å². The minimum Gasteiger partial charge on any atom is -0.454 e. The summed E-state index contributed by atoms with van der Waals surface area (Å²) >= 11 is 6.09. The Labute approximate surface area is 149 Å². The van der Waals surface area contributed by atoms with E-state index in [9.17, 15) is 14.9 Å². The Morgan fingerprint density at radius 3 is 2.72 bits per heavy atom.